The summed E-state index contributed by atoms with van der Waals surface area (Å²) in [7, 11) is 0. The second kappa shape index (κ2) is 6.44. The molecule has 1 rings (SSSR count). The van der Waals surface area contributed by atoms with Crippen LogP contribution in [0.2, 0.25) is 0 Å². The monoisotopic (exact) mass is 208 g/mol. The Hall–Kier alpha value is -1.04. The third-order valence-electron chi connectivity index (χ3n) is 3.02. The minimum atomic E-state index is 0.171. The number of nitriles is 1. The zero-order valence-electron chi connectivity index (χ0n) is 9.54. The predicted molar refractivity (Wildman–Crippen MR) is 59.1 cm³/mol. The summed E-state index contributed by atoms with van der Waals surface area (Å²) in [5, 5.41) is 8.74. The van der Waals surface area contributed by atoms with Crippen LogP contribution in [-0.4, -0.2) is 23.9 Å². The summed E-state index contributed by atoms with van der Waals surface area (Å²) in [6, 6.07) is 2.28. The zero-order valence-corrected chi connectivity index (χ0v) is 9.54. The van der Waals surface area contributed by atoms with Gasteiger partial charge in [0, 0.05) is 25.4 Å². The summed E-state index contributed by atoms with van der Waals surface area (Å²) in [6.07, 6.45) is 5.70. The van der Waals surface area contributed by atoms with Crippen molar-refractivity contribution in [2.75, 3.05) is 13.1 Å². The number of rotatable bonds is 4. The lowest BCUT2D eigenvalue weighted by atomic mass is 9.98. The molecule has 0 bridgehead atoms. The maximum absolute atomic E-state index is 11.7. The number of piperidine rings is 1. The van der Waals surface area contributed by atoms with Crippen LogP contribution in [0.25, 0.3) is 0 Å². The molecule has 0 aromatic carbocycles. The van der Waals surface area contributed by atoms with E-state index in [0.29, 0.717) is 6.42 Å². The Balaban J connectivity index is 2.21. The van der Waals surface area contributed by atoms with E-state index in [-0.39, 0.29) is 11.8 Å². The van der Waals surface area contributed by atoms with E-state index in [9.17, 15) is 4.79 Å². The van der Waals surface area contributed by atoms with E-state index < -0.39 is 0 Å². The van der Waals surface area contributed by atoms with Gasteiger partial charge in [0.2, 0.25) is 5.91 Å². The van der Waals surface area contributed by atoms with Crippen molar-refractivity contribution in [3.05, 3.63) is 0 Å². The molecule has 3 nitrogen and oxygen atoms in total. The van der Waals surface area contributed by atoms with Crippen LogP contribution in [0.5, 0.6) is 0 Å². The summed E-state index contributed by atoms with van der Waals surface area (Å²) in [6.45, 7) is 3.70. The Morgan fingerprint density at radius 3 is 2.60 bits per heavy atom. The van der Waals surface area contributed by atoms with E-state index in [2.05, 4.69) is 13.0 Å². The molecule has 84 valence electrons. The number of carbonyl (C=O) groups excluding carboxylic acids is 1. The number of nitrogens with zero attached hydrogens (tertiary/aromatic N) is 2. The molecule has 1 fully saturated rings. The molecule has 0 atom stereocenters. The molecule has 1 heterocycles. The quantitative estimate of drug-likeness (QED) is 0.665. The van der Waals surface area contributed by atoms with Crippen molar-refractivity contribution in [2.45, 2.75) is 45.4 Å². The molecule has 0 saturated carbocycles. The first kappa shape index (κ1) is 12.0. The van der Waals surface area contributed by atoms with Crippen LogP contribution in [0, 0.1) is 17.2 Å². The summed E-state index contributed by atoms with van der Waals surface area (Å²) in [4.78, 5) is 13.6. The van der Waals surface area contributed by atoms with Crippen LogP contribution in [0.1, 0.15) is 45.4 Å². The van der Waals surface area contributed by atoms with Crippen molar-refractivity contribution in [2.24, 2.45) is 5.92 Å². The predicted octanol–water partition coefficient (Wildman–Crippen LogP) is 2.33. The minimum absolute atomic E-state index is 0.171. The molecule has 1 saturated heterocycles. The summed E-state index contributed by atoms with van der Waals surface area (Å²) in [5.74, 6) is 0.449. The molecule has 0 aromatic heterocycles. The molecule has 0 unspecified atom stereocenters. The number of hydrogen-bond donors (Lipinski definition) is 0. The second-order valence-electron chi connectivity index (χ2n) is 4.24. The van der Waals surface area contributed by atoms with E-state index in [0.717, 1.165) is 45.2 Å². The topological polar surface area (TPSA) is 44.1 Å². The SMILES string of the molecule is CCCCCC(=O)N1CCC(C#N)CC1. The Kier molecular flexibility index (Phi) is 5.17. The Bertz CT molecular complexity index is 236. The first-order valence-corrected chi connectivity index (χ1v) is 5.95. The average molecular weight is 208 g/mol. The van der Waals surface area contributed by atoms with Crippen molar-refractivity contribution >= 4 is 5.91 Å². The molecule has 3 heteroatoms. The Morgan fingerprint density at radius 1 is 1.40 bits per heavy atom. The molecular weight excluding hydrogens is 188 g/mol. The van der Waals surface area contributed by atoms with Gasteiger partial charge in [0.1, 0.15) is 0 Å². The summed E-state index contributed by atoms with van der Waals surface area (Å²) < 4.78 is 0. The third-order valence-corrected chi connectivity index (χ3v) is 3.02. The van der Waals surface area contributed by atoms with E-state index in [1.165, 1.54) is 0 Å². The van der Waals surface area contributed by atoms with Crippen molar-refractivity contribution in [1.82, 2.24) is 4.90 Å². The van der Waals surface area contributed by atoms with Gasteiger partial charge in [0.05, 0.1) is 6.07 Å². The van der Waals surface area contributed by atoms with E-state index in [4.69, 9.17) is 5.26 Å². The largest absolute Gasteiger partial charge is 0.343 e. The first-order chi connectivity index (χ1) is 7.27. The number of hydrogen-bond acceptors (Lipinski definition) is 2. The van der Waals surface area contributed by atoms with Gasteiger partial charge in [-0.25, -0.2) is 0 Å². The van der Waals surface area contributed by atoms with Crippen LogP contribution in [0.3, 0.4) is 0 Å². The van der Waals surface area contributed by atoms with E-state index in [1.54, 1.807) is 0 Å². The van der Waals surface area contributed by atoms with Crippen molar-refractivity contribution in [3.8, 4) is 6.07 Å². The van der Waals surface area contributed by atoms with Gasteiger partial charge in [-0.2, -0.15) is 5.26 Å². The molecule has 15 heavy (non-hydrogen) atoms. The smallest absolute Gasteiger partial charge is 0.222 e. The van der Waals surface area contributed by atoms with Crippen molar-refractivity contribution < 1.29 is 4.79 Å². The van der Waals surface area contributed by atoms with Gasteiger partial charge in [-0.05, 0) is 19.3 Å². The van der Waals surface area contributed by atoms with Crippen molar-refractivity contribution in [3.63, 3.8) is 0 Å². The van der Waals surface area contributed by atoms with E-state index >= 15 is 0 Å². The molecular formula is C12H20N2O. The molecule has 0 radical (unpaired) electrons. The van der Waals surface area contributed by atoms with Gasteiger partial charge in [-0.15, -0.1) is 0 Å². The fourth-order valence-electron chi connectivity index (χ4n) is 1.94. The van der Waals surface area contributed by atoms with Gasteiger partial charge < -0.3 is 4.90 Å². The number of unbranched alkanes of at least 4 members (excludes halogenated alkanes) is 2. The fourth-order valence-corrected chi connectivity index (χ4v) is 1.94. The van der Waals surface area contributed by atoms with Crippen LogP contribution >= 0.6 is 0 Å². The lowest BCUT2D eigenvalue weighted by molar-refractivity contribution is -0.132. The second-order valence-corrected chi connectivity index (χ2v) is 4.24. The van der Waals surface area contributed by atoms with Gasteiger partial charge in [-0.1, -0.05) is 19.8 Å². The van der Waals surface area contributed by atoms with Crippen LogP contribution in [-0.2, 0) is 4.79 Å². The maximum atomic E-state index is 11.7. The lowest BCUT2D eigenvalue weighted by Crippen LogP contribution is -2.38. The first-order valence-electron chi connectivity index (χ1n) is 5.95. The summed E-state index contributed by atoms with van der Waals surface area (Å²) in [5.41, 5.74) is 0. The molecule has 0 aromatic rings. The standard InChI is InChI=1S/C12H20N2O/c1-2-3-4-5-12(15)14-8-6-11(10-13)7-9-14/h11H,2-9H2,1H3. The van der Waals surface area contributed by atoms with Crippen LogP contribution in [0.15, 0.2) is 0 Å². The molecule has 0 N–H and O–H groups in total. The molecule has 1 aliphatic rings. The Labute approximate surface area is 92.1 Å². The van der Waals surface area contributed by atoms with Crippen molar-refractivity contribution in [1.29, 1.82) is 5.26 Å². The highest BCUT2D eigenvalue weighted by molar-refractivity contribution is 5.76. The maximum Gasteiger partial charge on any atom is 0.222 e. The highest BCUT2D eigenvalue weighted by Crippen LogP contribution is 2.17. The number of carbonyl (C=O) groups is 1. The molecule has 1 aliphatic heterocycles. The average Bonchev–Trinajstić information content (AvgIpc) is 2.29. The zero-order chi connectivity index (χ0) is 11.1. The number of likely N-dealkylation sites (tertiary alicyclic amines) is 1. The summed E-state index contributed by atoms with van der Waals surface area (Å²) >= 11 is 0. The minimum Gasteiger partial charge on any atom is -0.343 e. The lowest BCUT2D eigenvalue weighted by Gasteiger charge is -2.29. The molecule has 0 spiro atoms. The van der Waals surface area contributed by atoms with Gasteiger partial charge in [0.15, 0.2) is 0 Å². The number of amides is 1. The van der Waals surface area contributed by atoms with E-state index in [1.807, 2.05) is 4.90 Å². The highest BCUT2D eigenvalue weighted by atomic mass is 16.2. The fraction of sp³-hybridized carbons (Fsp3) is 0.833. The van der Waals surface area contributed by atoms with Gasteiger partial charge in [0.25, 0.3) is 0 Å². The van der Waals surface area contributed by atoms with Crippen LogP contribution < -0.4 is 0 Å². The Morgan fingerprint density at radius 2 is 2.07 bits per heavy atom. The highest BCUT2D eigenvalue weighted by Gasteiger charge is 2.21. The normalized spacial score (nSPS) is 17.5. The van der Waals surface area contributed by atoms with Gasteiger partial charge >= 0.3 is 0 Å². The van der Waals surface area contributed by atoms with Crippen LogP contribution in [0.4, 0.5) is 0 Å². The van der Waals surface area contributed by atoms with Gasteiger partial charge in [-0.3, -0.25) is 4.79 Å². The third kappa shape index (κ3) is 3.91. The molecule has 0 aliphatic carbocycles. The molecule has 1 amide bonds.